The monoisotopic (exact) mass is 245 g/mol. The second-order valence-electron chi connectivity index (χ2n) is 3.88. The fourth-order valence-electron chi connectivity index (χ4n) is 1.66. The van der Waals surface area contributed by atoms with Gasteiger partial charge in [-0.05, 0) is 30.2 Å². The minimum Gasteiger partial charge on any atom is -0.504 e. The standard InChI is InChI=1S/C14H12FNO2/c1-2-10-7-11(12(15)8-16-10)9-4-3-5-13(17)14(18)6-9/h3-8H,2H2,1H3,(H,17,18). The first-order valence-corrected chi connectivity index (χ1v) is 5.60. The van der Waals surface area contributed by atoms with Crippen LogP contribution in [0.25, 0.3) is 11.1 Å². The first-order valence-electron chi connectivity index (χ1n) is 5.60. The van der Waals surface area contributed by atoms with Crippen molar-refractivity contribution in [3.63, 3.8) is 0 Å². The minimum atomic E-state index is -0.494. The van der Waals surface area contributed by atoms with Gasteiger partial charge in [-0.15, -0.1) is 0 Å². The van der Waals surface area contributed by atoms with Crippen LogP contribution in [0.15, 0.2) is 41.3 Å². The number of halogens is 1. The summed E-state index contributed by atoms with van der Waals surface area (Å²) >= 11 is 0. The van der Waals surface area contributed by atoms with Gasteiger partial charge in [0, 0.05) is 11.3 Å². The van der Waals surface area contributed by atoms with Crippen molar-refractivity contribution in [2.75, 3.05) is 0 Å². The summed E-state index contributed by atoms with van der Waals surface area (Å²) in [5.74, 6) is -0.880. The smallest absolute Gasteiger partial charge is 0.220 e. The summed E-state index contributed by atoms with van der Waals surface area (Å²) in [7, 11) is 0. The Balaban J connectivity index is 2.65. The fraction of sp³-hybridized carbons (Fsp3) is 0.143. The van der Waals surface area contributed by atoms with E-state index in [1.165, 1.54) is 18.2 Å². The molecule has 0 bridgehead atoms. The molecule has 1 aromatic carbocycles. The van der Waals surface area contributed by atoms with Crippen molar-refractivity contribution in [3.05, 3.63) is 58.3 Å². The Morgan fingerprint density at radius 2 is 2.11 bits per heavy atom. The maximum Gasteiger partial charge on any atom is 0.220 e. The van der Waals surface area contributed by atoms with E-state index < -0.39 is 17.0 Å². The second kappa shape index (κ2) is 4.96. The van der Waals surface area contributed by atoms with Gasteiger partial charge in [0.05, 0.1) is 6.20 Å². The predicted octanol–water partition coefficient (Wildman–Crippen LogP) is 2.52. The van der Waals surface area contributed by atoms with E-state index in [1.807, 2.05) is 6.92 Å². The molecule has 1 N–H and O–H groups in total. The molecule has 0 atom stereocenters. The molecule has 4 heteroatoms. The third kappa shape index (κ3) is 2.37. The summed E-state index contributed by atoms with van der Waals surface area (Å²) in [6.45, 7) is 1.92. The third-order valence-corrected chi connectivity index (χ3v) is 2.65. The van der Waals surface area contributed by atoms with Crippen molar-refractivity contribution in [1.82, 2.24) is 4.98 Å². The molecule has 1 aromatic heterocycles. The van der Waals surface area contributed by atoms with Crippen LogP contribution in [0.1, 0.15) is 12.6 Å². The molecule has 0 saturated heterocycles. The van der Waals surface area contributed by atoms with E-state index in [-0.39, 0.29) is 0 Å². The Kier molecular flexibility index (Phi) is 3.37. The average Bonchev–Trinajstić information content (AvgIpc) is 2.53. The molecule has 0 aliphatic heterocycles. The van der Waals surface area contributed by atoms with Gasteiger partial charge in [0.2, 0.25) is 5.43 Å². The molecule has 3 nitrogen and oxygen atoms in total. The van der Waals surface area contributed by atoms with E-state index in [9.17, 15) is 14.3 Å². The van der Waals surface area contributed by atoms with Gasteiger partial charge < -0.3 is 5.11 Å². The third-order valence-electron chi connectivity index (χ3n) is 2.65. The van der Waals surface area contributed by atoms with E-state index >= 15 is 0 Å². The zero-order valence-electron chi connectivity index (χ0n) is 9.85. The van der Waals surface area contributed by atoms with Crippen LogP contribution in [0.5, 0.6) is 5.75 Å². The lowest BCUT2D eigenvalue weighted by Gasteiger charge is -2.03. The lowest BCUT2D eigenvalue weighted by atomic mass is 10.1. The molecule has 2 aromatic rings. The van der Waals surface area contributed by atoms with E-state index in [2.05, 4.69) is 4.98 Å². The molecule has 0 saturated carbocycles. The summed E-state index contributed by atoms with van der Waals surface area (Å²) in [6, 6.07) is 7.19. The van der Waals surface area contributed by atoms with Gasteiger partial charge in [-0.3, -0.25) is 9.78 Å². The first-order chi connectivity index (χ1) is 8.61. The summed E-state index contributed by atoms with van der Waals surface area (Å²) in [4.78, 5) is 15.2. The van der Waals surface area contributed by atoms with Crippen molar-refractivity contribution in [2.45, 2.75) is 13.3 Å². The predicted molar refractivity (Wildman–Crippen MR) is 66.9 cm³/mol. The number of hydrogen-bond acceptors (Lipinski definition) is 3. The highest BCUT2D eigenvalue weighted by Crippen LogP contribution is 2.24. The van der Waals surface area contributed by atoms with Gasteiger partial charge in [0.1, 0.15) is 5.82 Å². The summed E-state index contributed by atoms with van der Waals surface area (Å²) in [5.41, 5.74) is 1.03. The quantitative estimate of drug-likeness (QED) is 0.884. The molecule has 0 amide bonds. The number of rotatable bonds is 2. The van der Waals surface area contributed by atoms with Crippen LogP contribution < -0.4 is 5.43 Å². The van der Waals surface area contributed by atoms with Gasteiger partial charge in [-0.2, -0.15) is 0 Å². The molecule has 0 aliphatic rings. The van der Waals surface area contributed by atoms with E-state index in [0.717, 1.165) is 11.9 Å². The van der Waals surface area contributed by atoms with Crippen LogP contribution in [0.4, 0.5) is 4.39 Å². The lowest BCUT2D eigenvalue weighted by molar-refractivity contribution is 0.471. The molecular formula is C14H12FNO2. The van der Waals surface area contributed by atoms with Crippen molar-refractivity contribution in [2.24, 2.45) is 0 Å². The number of hydrogen-bond donors (Lipinski definition) is 1. The zero-order valence-corrected chi connectivity index (χ0v) is 9.85. The Morgan fingerprint density at radius 1 is 1.33 bits per heavy atom. The first kappa shape index (κ1) is 12.2. The largest absolute Gasteiger partial charge is 0.504 e. The van der Waals surface area contributed by atoms with Crippen LogP contribution in [0, 0.1) is 5.82 Å². The molecule has 0 unspecified atom stereocenters. The van der Waals surface area contributed by atoms with E-state index in [0.29, 0.717) is 17.5 Å². The molecule has 0 aliphatic carbocycles. The summed E-state index contributed by atoms with van der Waals surface area (Å²) in [6.07, 6.45) is 1.83. The number of aromatic nitrogens is 1. The Morgan fingerprint density at radius 3 is 2.83 bits per heavy atom. The molecule has 1 heterocycles. The molecule has 18 heavy (non-hydrogen) atoms. The molecule has 2 rings (SSSR count). The number of nitrogens with zero attached hydrogens (tertiary/aromatic N) is 1. The van der Waals surface area contributed by atoms with Gasteiger partial charge in [0.25, 0.3) is 0 Å². The fourth-order valence-corrected chi connectivity index (χ4v) is 1.66. The Hall–Kier alpha value is -2.23. The van der Waals surface area contributed by atoms with Crippen LogP contribution >= 0.6 is 0 Å². The van der Waals surface area contributed by atoms with Crippen LogP contribution in [-0.4, -0.2) is 10.1 Å². The highest BCUT2D eigenvalue weighted by molar-refractivity contribution is 5.65. The van der Waals surface area contributed by atoms with Gasteiger partial charge >= 0.3 is 0 Å². The molecule has 92 valence electrons. The minimum absolute atomic E-state index is 0.327. The topological polar surface area (TPSA) is 50.2 Å². The lowest BCUT2D eigenvalue weighted by Crippen LogP contribution is -1.93. The van der Waals surface area contributed by atoms with E-state index in [1.54, 1.807) is 12.1 Å². The van der Waals surface area contributed by atoms with Gasteiger partial charge in [0.15, 0.2) is 5.75 Å². The highest BCUT2D eigenvalue weighted by atomic mass is 19.1. The summed E-state index contributed by atoms with van der Waals surface area (Å²) < 4.78 is 13.7. The Bertz CT molecular complexity index is 641. The van der Waals surface area contributed by atoms with Crippen molar-refractivity contribution < 1.29 is 9.50 Å². The van der Waals surface area contributed by atoms with Crippen LogP contribution in [-0.2, 0) is 6.42 Å². The SMILES string of the molecule is CCc1cc(-c2cccc(=O)c(O)c2)c(F)cn1. The maximum absolute atomic E-state index is 13.7. The van der Waals surface area contributed by atoms with E-state index in [4.69, 9.17) is 0 Å². The normalized spacial score (nSPS) is 10.3. The van der Waals surface area contributed by atoms with Crippen molar-refractivity contribution in [1.29, 1.82) is 0 Å². The maximum atomic E-state index is 13.7. The van der Waals surface area contributed by atoms with Crippen molar-refractivity contribution in [3.8, 4) is 16.9 Å². The number of aryl methyl sites for hydroxylation is 1. The highest BCUT2D eigenvalue weighted by Gasteiger charge is 2.07. The van der Waals surface area contributed by atoms with Gasteiger partial charge in [-0.25, -0.2) is 4.39 Å². The summed E-state index contributed by atoms with van der Waals surface area (Å²) in [5, 5.41) is 9.49. The Labute approximate surface area is 104 Å². The number of pyridine rings is 1. The molecule has 0 spiro atoms. The molecular weight excluding hydrogens is 233 g/mol. The van der Waals surface area contributed by atoms with Gasteiger partial charge in [-0.1, -0.05) is 19.1 Å². The van der Waals surface area contributed by atoms with Crippen LogP contribution in [0.2, 0.25) is 0 Å². The zero-order chi connectivity index (χ0) is 13.1. The average molecular weight is 245 g/mol. The molecule has 0 radical (unpaired) electrons. The van der Waals surface area contributed by atoms with Crippen molar-refractivity contribution >= 4 is 0 Å². The molecule has 0 fully saturated rings. The van der Waals surface area contributed by atoms with Crippen LogP contribution in [0.3, 0.4) is 0 Å². The second-order valence-corrected chi connectivity index (χ2v) is 3.88. The number of aromatic hydroxyl groups is 1.